The summed E-state index contributed by atoms with van der Waals surface area (Å²) in [4.78, 5) is 0. The Balaban J connectivity index is 1.80. The lowest BCUT2D eigenvalue weighted by Gasteiger charge is -2.21. The van der Waals surface area contributed by atoms with E-state index in [0.29, 0.717) is 11.8 Å². The van der Waals surface area contributed by atoms with E-state index in [1.807, 2.05) is 0 Å². The van der Waals surface area contributed by atoms with E-state index in [0.717, 1.165) is 12.8 Å². The van der Waals surface area contributed by atoms with E-state index < -0.39 is 0 Å². The minimum absolute atomic E-state index is 0.303. The lowest BCUT2D eigenvalue weighted by Crippen LogP contribution is -2.11. The van der Waals surface area contributed by atoms with Crippen molar-refractivity contribution < 1.29 is 0 Å². The van der Waals surface area contributed by atoms with Crippen molar-refractivity contribution in [1.82, 2.24) is 0 Å². The minimum Gasteiger partial charge on any atom is -0.198 e. The number of nitrogens with zero attached hydrogens (tertiary/aromatic N) is 1. The second-order valence-electron chi connectivity index (χ2n) is 6.30. The molecule has 1 heteroatoms. The number of aryl methyl sites for hydroxylation is 1. The first-order valence-corrected chi connectivity index (χ1v) is 8.48. The van der Waals surface area contributed by atoms with Crippen molar-refractivity contribution in [1.29, 1.82) is 5.26 Å². The van der Waals surface area contributed by atoms with Crippen LogP contribution in [0, 0.1) is 23.2 Å². The Labute approximate surface area is 129 Å². The average molecular weight is 281 g/mol. The van der Waals surface area contributed by atoms with Crippen LogP contribution >= 0.6 is 0 Å². The Morgan fingerprint density at radius 2 is 1.81 bits per heavy atom. The van der Waals surface area contributed by atoms with Crippen LogP contribution in [0.25, 0.3) is 6.08 Å². The molecule has 1 aliphatic carbocycles. The van der Waals surface area contributed by atoms with Gasteiger partial charge in [0.2, 0.25) is 0 Å². The molecule has 1 aromatic rings. The van der Waals surface area contributed by atoms with Gasteiger partial charge in [-0.15, -0.1) is 0 Å². The molecule has 1 nitrogen and oxygen atoms in total. The first-order valence-electron chi connectivity index (χ1n) is 8.48. The van der Waals surface area contributed by atoms with E-state index in [9.17, 15) is 0 Å². The molecule has 0 aromatic heterocycles. The van der Waals surface area contributed by atoms with E-state index in [-0.39, 0.29) is 0 Å². The molecule has 0 saturated heterocycles. The van der Waals surface area contributed by atoms with Crippen LogP contribution in [0.5, 0.6) is 0 Å². The molecule has 0 unspecified atom stereocenters. The zero-order valence-corrected chi connectivity index (χ0v) is 13.2. The number of hydrogen-bond acceptors (Lipinski definition) is 1. The molecule has 1 aliphatic rings. The summed E-state index contributed by atoms with van der Waals surface area (Å²) in [5.41, 5.74) is 2.76. The van der Waals surface area contributed by atoms with Gasteiger partial charge >= 0.3 is 0 Å². The Hall–Kier alpha value is -1.55. The van der Waals surface area contributed by atoms with Crippen molar-refractivity contribution in [2.75, 3.05) is 0 Å². The lowest BCUT2D eigenvalue weighted by atomic mass is 9.82. The van der Waals surface area contributed by atoms with Gasteiger partial charge < -0.3 is 0 Å². The van der Waals surface area contributed by atoms with Crippen LogP contribution in [0.2, 0.25) is 0 Å². The summed E-state index contributed by atoms with van der Waals surface area (Å²) in [5.74, 6) is 0.968. The highest BCUT2D eigenvalue weighted by atomic mass is 14.3. The highest BCUT2D eigenvalue weighted by Crippen LogP contribution is 2.29. The minimum atomic E-state index is 0.303. The summed E-state index contributed by atoms with van der Waals surface area (Å²) in [6.07, 6.45) is 14.2. The highest BCUT2D eigenvalue weighted by Gasteiger charge is 2.18. The molecule has 0 aliphatic heterocycles. The predicted molar refractivity (Wildman–Crippen MR) is 89.8 cm³/mol. The van der Waals surface area contributed by atoms with E-state index in [4.69, 9.17) is 5.26 Å². The highest BCUT2D eigenvalue weighted by molar-refractivity contribution is 5.50. The van der Waals surface area contributed by atoms with Gasteiger partial charge in [-0.2, -0.15) is 5.26 Å². The number of allylic oxidation sites excluding steroid dienone is 1. The lowest BCUT2D eigenvalue weighted by molar-refractivity contribution is 0.363. The van der Waals surface area contributed by atoms with Gasteiger partial charge in [0, 0.05) is 5.92 Å². The molecular weight excluding hydrogens is 254 g/mol. The summed E-state index contributed by atoms with van der Waals surface area (Å²) < 4.78 is 0. The molecule has 2 rings (SSSR count). The molecule has 1 fully saturated rings. The summed E-state index contributed by atoms with van der Waals surface area (Å²) in [5, 5.41) is 8.92. The molecular formula is C20H27N. The van der Waals surface area contributed by atoms with E-state index in [1.54, 1.807) is 0 Å². The van der Waals surface area contributed by atoms with Gasteiger partial charge in [-0.05, 0) is 55.6 Å². The third-order valence-corrected chi connectivity index (χ3v) is 4.56. The van der Waals surface area contributed by atoms with E-state index >= 15 is 0 Å². The molecule has 0 N–H and O–H groups in total. The van der Waals surface area contributed by atoms with Gasteiger partial charge in [-0.25, -0.2) is 0 Å². The van der Waals surface area contributed by atoms with Crippen molar-refractivity contribution in [2.45, 2.75) is 58.3 Å². The van der Waals surface area contributed by atoms with Crippen molar-refractivity contribution in [3.8, 4) is 6.07 Å². The molecule has 1 saturated carbocycles. The molecule has 0 amide bonds. The van der Waals surface area contributed by atoms with Gasteiger partial charge in [0.25, 0.3) is 0 Å². The second-order valence-corrected chi connectivity index (χ2v) is 6.30. The van der Waals surface area contributed by atoms with Crippen LogP contribution in [-0.2, 0) is 6.42 Å². The van der Waals surface area contributed by atoms with E-state index in [2.05, 4.69) is 49.4 Å². The number of hydrogen-bond donors (Lipinski definition) is 0. The maximum atomic E-state index is 8.92. The van der Waals surface area contributed by atoms with Gasteiger partial charge in [0.05, 0.1) is 6.07 Å². The number of nitriles is 1. The van der Waals surface area contributed by atoms with Crippen molar-refractivity contribution in [3.05, 3.63) is 41.5 Å². The Kier molecular flexibility index (Phi) is 6.54. The molecule has 1 aromatic carbocycles. The summed E-state index contributed by atoms with van der Waals surface area (Å²) in [6, 6.07) is 11.4. The van der Waals surface area contributed by atoms with Crippen LogP contribution in [0.4, 0.5) is 0 Å². The van der Waals surface area contributed by atoms with Gasteiger partial charge in [0.1, 0.15) is 0 Å². The van der Waals surface area contributed by atoms with Crippen molar-refractivity contribution in [2.24, 2.45) is 11.8 Å². The molecule has 0 spiro atoms. The molecule has 0 heterocycles. The van der Waals surface area contributed by atoms with Crippen LogP contribution in [0.3, 0.4) is 0 Å². The zero-order chi connectivity index (χ0) is 14.9. The molecule has 0 radical (unpaired) electrons. The third-order valence-electron chi connectivity index (χ3n) is 4.56. The smallest absolute Gasteiger partial charge is 0.0655 e. The van der Waals surface area contributed by atoms with Crippen molar-refractivity contribution >= 4 is 6.08 Å². The Morgan fingerprint density at radius 3 is 2.43 bits per heavy atom. The molecule has 0 atom stereocenters. The Bertz CT molecular complexity index is 470. The second kappa shape index (κ2) is 8.67. The summed E-state index contributed by atoms with van der Waals surface area (Å²) in [7, 11) is 0. The van der Waals surface area contributed by atoms with Crippen LogP contribution < -0.4 is 0 Å². The quantitative estimate of drug-likeness (QED) is 0.608. The largest absolute Gasteiger partial charge is 0.198 e. The molecule has 21 heavy (non-hydrogen) atoms. The summed E-state index contributed by atoms with van der Waals surface area (Å²) in [6.45, 7) is 2.25. The topological polar surface area (TPSA) is 23.8 Å². The first kappa shape index (κ1) is 15.8. The average Bonchev–Trinajstić information content (AvgIpc) is 2.55. The van der Waals surface area contributed by atoms with Crippen LogP contribution in [0.1, 0.15) is 63.0 Å². The molecule has 112 valence electrons. The number of unbranched alkanes of at least 4 members (excludes halogenated alkanes) is 2. The standard InChI is InChI=1S/C20H27N/c1-2-3-4-5-17-6-8-18(9-7-17)10-11-19-12-14-20(16-21)15-13-19/h6-11,19-20H,2-5,12-15H2,1H3/b11-10+. The number of rotatable bonds is 6. The van der Waals surface area contributed by atoms with E-state index in [1.165, 1.54) is 49.7 Å². The van der Waals surface area contributed by atoms with Gasteiger partial charge in [0.15, 0.2) is 0 Å². The van der Waals surface area contributed by atoms with Crippen LogP contribution in [0.15, 0.2) is 30.3 Å². The third kappa shape index (κ3) is 5.38. The monoisotopic (exact) mass is 281 g/mol. The maximum absolute atomic E-state index is 8.92. The van der Waals surface area contributed by atoms with Gasteiger partial charge in [-0.3, -0.25) is 0 Å². The van der Waals surface area contributed by atoms with Crippen molar-refractivity contribution in [3.63, 3.8) is 0 Å². The predicted octanol–water partition coefficient (Wildman–Crippen LogP) is 5.76. The SMILES string of the molecule is CCCCCc1ccc(/C=C/C2CCC(C#N)CC2)cc1. The maximum Gasteiger partial charge on any atom is 0.0655 e. The Morgan fingerprint density at radius 1 is 1.10 bits per heavy atom. The first-order chi connectivity index (χ1) is 10.3. The van der Waals surface area contributed by atoms with Crippen LogP contribution in [-0.4, -0.2) is 0 Å². The fourth-order valence-corrected chi connectivity index (χ4v) is 3.06. The normalized spacial score (nSPS) is 22.3. The number of benzene rings is 1. The summed E-state index contributed by atoms with van der Waals surface area (Å²) >= 11 is 0. The fraction of sp³-hybridized carbons (Fsp3) is 0.550. The fourth-order valence-electron chi connectivity index (χ4n) is 3.06. The molecule has 0 bridgehead atoms. The zero-order valence-electron chi connectivity index (χ0n) is 13.2. The van der Waals surface area contributed by atoms with Gasteiger partial charge in [-0.1, -0.05) is 56.2 Å².